The lowest BCUT2D eigenvalue weighted by Crippen LogP contribution is -2.47. The van der Waals surface area contributed by atoms with Gasteiger partial charge in [-0.2, -0.15) is 0 Å². The number of para-hydroxylation sites is 1. The normalized spacial score (nSPS) is 17.7. The van der Waals surface area contributed by atoms with Crippen LogP contribution < -0.4 is 15.1 Å². The Morgan fingerprint density at radius 3 is 2.09 bits per heavy atom. The Labute approximate surface area is 199 Å². The molecule has 33 heavy (non-hydrogen) atoms. The number of amides is 1. The number of piperazine rings is 1. The van der Waals surface area contributed by atoms with Crippen LogP contribution in [-0.2, 0) is 10.2 Å². The Morgan fingerprint density at radius 1 is 0.848 bits per heavy atom. The lowest BCUT2D eigenvalue weighted by atomic mass is 9.78. The van der Waals surface area contributed by atoms with Gasteiger partial charge in [0.2, 0.25) is 11.9 Å². The van der Waals surface area contributed by atoms with Gasteiger partial charge in [-0.15, -0.1) is 0 Å². The molecule has 2 fully saturated rings. The molecule has 1 saturated carbocycles. The molecule has 7 heteroatoms. The van der Waals surface area contributed by atoms with Crippen molar-refractivity contribution in [2.75, 3.05) is 41.3 Å². The third kappa shape index (κ3) is 4.53. The number of aromatic nitrogens is 2. The van der Waals surface area contributed by atoms with Crippen LogP contribution in [0.1, 0.15) is 31.2 Å². The molecule has 1 aliphatic heterocycles. The van der Waals surface area contributed by atoms with Gasteiger partial charge in [-0.25, -0.2) is 9.97 Å². The number of carbonyl (C=O) groups is 1. The predicted octanol–water partition coefficient (Wildman–Crippen LogP) is 4.91. The number of nitrogens with zero attached hydrogens (tertiary/aromatic N) is 4. The van der Waals surface area contributed by atoms with Crippen molar-refractivity contribution in [2.45, 2.75) is 31.1 Å². The number of halogens is 1. The first-order valence-corrected chi connectivity index (χ1v) is 12.0. The van der Waals surface area contributed by atoms with Gasteiger partial charge >= 0.3 is 0 Å². The van der Waals surface area contributed by atoms with E-state index in [4.69, 9.17) is 11.6 Å². The van der Waals surface area contributed by atoms with Gasteiger partial charge in [0.1, 0.15) is 0 Å². The topological polar surface area (TPSA) is 61.4 Å². The summed E-state index contributed by atoms with van der Waals surface area (Å²) >= 11 is 6.07. The molecule has 0 unspecified atom stereocenters. The van der Waals surface area contributed by atoms with Crippen molar-refractivity contribution in [3.8, 4) is 0 Å². The van der Waals surface area contributed by atoms with E-state index in [2.05, 4.69) is 49.4 Å². The summed E-state index contributed by atoms with van der Waals surface area (Å²) in [5.74, 6) is 0.712. The highest BCUT2D eigenvalue weighted by Crippen LogP contribution is 2.42. The largest absolute Gasteiger partial charge is 0.368 e. The van der Waals surface area contributed by atoms with Crippen LogP contribution in [0.25, 0.3) is 0 Å². The zero-order valence-corrected chi connectivity index (χ0v) is 19.3. The van der Waals surface area contributed by atoms with Gasteiger partial charge in [0.15, 0.2) is 0 Å². The maximum Gasteiger partial charge on any atom is 0.235 e. The molecule has 2 heterocycles. The molecular formula is C26H28ClN5O. The van der Waals surface area contributed by atoms with Crippen molar-refractivity contribution in [3.05, 3.63) is 77.6 Å². The van der Waals surface area contributed by atoms with E-state index in [-0.39, 0.29) is 5.91 Å². The number of benzene rings is 2. The zero-order chi connectivity index (χ0) is 22.7. The Bertz CT molecular complexity index is 1070. The van der Waals surface area contributed by atoms with Crippen LogP contribution in [-0.4, -0.2) is 42.1 Å². The van der Waals surface area contributed by atoms with Crippen LogP contribution in [0.2, 0.25) is 5.02 Å². The van der Waals surface area contributed by atoms with Gasteiger partial charge in [-0.05, 0) is 42.7 Å². The molecule has 1 saturated heterocycles. The average Bonchev–Trinajstić information content (AvgIpc) is 3.37. The van der Waals surface area contributed by atoms with E-state index in [9.17, 15) is 4.79 Å². The summed E-state index contributed by atoms with van der Waals surface area (Å²) in [7, 11) is 0. The molecule has 0 atom stereocenters. The van der Waals surface area contributed by atoms with Crippen molar-refractivity contribution in [1.29, 1.82) is 0 Å². The Morgan fingerprint density at radius 2 is 1.45 bits per heavy atom. The van der Waals surface area contributed by atoms with Gasteiger partial charge in [-0.3, -0.25) is 4.79 Å². The molecule has 0 radical (unpaired) electrons. The lowest BCUT2D eigenvalue weighted by molar-refractivity contribution is -0.121. The molecule has 2 aromatic carbocycles. The molecule has 1 amide bonds. The minimum absolute atomic E-state index is 0.00940. The van der Waals surface area contributed by atoms with Crippen LogP contribution in [0.15, 0.2) is 67.0 Å². The number of carbonyl (C=O) groups excluding carboxylic acids is 1. The second kappa shape index (κ2) is 9.40. The second-order valence-corrected chi connectivity index (χ2v) is 9.27. The van der Waals surface area contributed by atoms with Crippen molar-refractivity contribution in [1.82, 2.24) is 9.97 Å². The average molecular weight is 462 g/mol. The van der Waals surface area contributed by atoms with Gasteiger partial charge in [0.05, 0.1) is 23.5 Å². The van der Waals surface area contributed by atoms with E-state index in [1.54, 1.807) is 12.4 Å². The van der Waals surface area contributed by atoms with E-state index in [0.29, 0.717) is 16.7 Å². The maximum atomic E-state index is 13.4. The van der Waals surface area contributed by atoms with E-state index in [0.717, 1.165) is 57.4 Å². The van der Waals surface area contributed by atoms with Crippen LogP contribution >= 0.6 is 11.6 Å². The fourth-order valence-corrected chi connectivity index (χ4v) is 5.12. The highest BCUT2D eigenvalue weighted by atomic mass is 35.5. The summed E-state index contributed by atoms with van der Waals surface area (Å²) in [6.45, 7) is 3.57. The van der Waals surface area contributed by atoms with Crippen molar-refractivity contribution in [2.24, 2.45) is 0 Å². The van der Waals surface area contributed by atoms with E-state index >= 15 is 0 Å². The van der Waals surface area contributed by atoms with Crippen molar-refractivity contribution >= 4 is 34.8 Å². The quantitative estimate of drug-likeness (QED) is 0.585. The lowest BCUT2D eigenvalue weighted by Gasteiger charge is -2.36. The minimum atomic E-state index is -0.517. The summed E-state index contributed by atoms with van der Waals surface area (Å²) in [6, 6.07) is 18.1. The molecule has 6 nitrogen and oxygen atoms in total. The van der Waals surface area contributed by atoms with Gasteiger partial charge in [-0.1, -0.05) is 54.8 Å². The Hall–Kier alpha value is -3.12. The van der Waals surface area contributed by atoms with E-state index < -0.39 is 5.41 Å². The van der Waals surface area contributed by atoms with E-state index in [1.165, 1.54) is 5.69 Å². The summed E-state index contributed by atoms with van der Waals surface area (Å²) in [5, 5.41) is 3.75. The Balaban J connectivity index is 1.23. The molecule has 1 aromatic heterocycles. The first kappa shape index (κ1) is 21.7. The standard InChI is InChI=1S/C26H28ClN5O/c27-21-10-8-20(9-11-21)26(12-4-5-13-26)24(33)30-22-18-28-25(29-19-22)32-16-14-31(15-17-32)23-6-2-1-3-7-23/h1-3,6-11,18-19H,4-5,12-17H2,(H,30,33). The predicted molar refractivity (Wildman–Crippen MR) is 133 cm³/mol. The number of anilines is 3. The zero-order valence-electron chi connectivity index (χ0n) is 18.6. The number of hydrogen-bond donors (Lipinski definition) is 1. The monoisotopic (exact) mass is 461 g/mol. The minimum Gasteiger partial charge on any atom is -0.368 e. The van der Waals surface area contributed by atoms with Crippen molar-refractivity contribution < 1.29 is 4.79 Å². The highest BCUT2D eigenvalue weighted by molar-refractivity contribution is 6.30. The second-order valence-electron chi connectivity index (χ2n) is 8.83. The first-order chi connectivity index (χ1) is 16.1. The van der Waals surface area contributed by atoms with Crippen LogP contribution in [0.3, 0.4) is 0 Å². The molecule has 0 bridgehead atoms. The third-order valence-corrected chi connectivity index (χ3v) is 7.12. The summed E-state index contributed by atoms with van der Waals surface area (Å²) < 4.78 is 0. The molecule has 3 aromatic rings. The molecule has 0 spiro atoms. The number of hydrogen-bond acceptors (Lipinski definition) is 5. The van der Waals surface area contributed by atoms with Crippen LogP contribution in [0.5, 0.6) is 0 Å². The molecule has 1 aliphatic carbocycles. The smallest absolute Gasteiger partial charge is 0.235 e. The number of nitrogens with one attached hydrogen (secondary N) is 1. The fraction of sp³-hybridized carbons (Fsp3) is 0.346. The molecule has 5 rings (SSSR count). The third-order valence-electron chi connectivity index (χ3n) is 6.87. The summed E-state index contributed by atoms with van der Waals surface area (Å²) in [6.07, 6.45) is 7.19. The maximum absolute atomic E-state index is 13.4. The molecular weight excluding hydrogens is 434 g/mol. The summed E-state index contributed by atoms with van der Waals surface area (Å²) in [5.41, 5.74) is 2.39. The van der Waals surface area contributed by atoms with Gasteiger partial charge in [0, 0.05) is 36.9 Å². The number of rotatable bonds is 5. The molecule has 2 aliphatic rings. The van der Waals surface area contributed by atoms with E-state index in [1.807, 2.05) is 30.3 Å². The summed E-state index contributed by atoms with van der Waals surface area (Å²) in [4.78, 5) is 27.0. The molecule has 1 N–H and O–H groups in total. The Kier molecular flexibility index (Phi) is 6.18. The van der Waals surface area contributed by atoms with Gasteiger partial charge in [0.25, 0.3) is 0 Å². The molecule has 170 valence electrons. The SMILES string of the molecule is O=C(Nc1cnc(N2CCN(c3ccccc3)CC2)nc1)C1(c2ccc(Cl)cc2)CCCC1. The first-order valence-electron chi connectivity index (χ1n) is 11.6. The van der Waals surface area contributed by atoms with Crippen LogP contribution in [0.4, 0.5) is 17.3 Å². The fourth-order valence-electron chi connectivity index (χ4n) is 5.00. The van der Waals surface area contributed by atoms with Gasteiger partial charge < -0.3 is 15.1 Å². The van der Waals surface area contributed by atoms with Crippen LogP contribution in [0, 0.1) is 0 Å². The van der Waals surface area contributed by atoms with Crippen molar-refractivity contribution in [3.63, 3.8) is 0 Å². The highest BCUT2D eigenvalue weighted by Gasteiger charge is 2.42.